The molecular weight excluding hydrogens is 446 g/mol. The van der Waals surface area contributed by atoms with Crippen molar-refractivity contribution in [2.24, 2.45) is 5.92 Å². The van der Waals surface area contributed by atoms with Crippen LogP contribution < -0.4 is 11.2 Å². The van der Waals surface area contributed by atoms with Gasteiger partial charge in [-0.25, -0.2) is 9.78 Å². The van der Waals surface area contributed by atoms with Crippen molar-refractivity contribution in [3.8, 4) is 0 Å². The van der Waals surface area contributed by atoms with E-state index in [0.29, 0.717) is 56.2 Å². The van der Waals surface area contributed by atoms with Gasteiger partial charge in [0.1, 0.15) is 5.82 Å². The van der Waals surface area contributed by atoms with Crippen molar-refractivity contribution in [1.29, 1.82) is 0 Å². The second-order valence-corrected chi connectivity index (χ2v) is 9.26. The number of nitrogens with zero attached hydrogens (tertiary/aromatic N) is 4. The summed E-state index contributed by atoms with van der Waals surface area (Å²) in [6.45, 7) is 8.68. The summed E-state index contributed by atoms with van der Waals surface area (Å²) in [4.78, 5) is 47.5. The highest BCUT2D eigenvalue weighted by Crippen LogP contribution is 2.17. The number of hydrogen-bond donors (Lipinski definition) is 1. The number of aromatic amines is 1. The van der Waals surface area contributed by atoms with Crippen LogP contribution in [0.4, 0.5) is 0 Å². The first-order valence-electron chi connectivity index (χ1n) is 12.4. The average Bonchev–Trinajstić information content (AvgIpc) is 3.18. The summed E-state index contributed by atoms with van der Waals surface area (Å²) in [7, 11) is 1.62. The van der Waals surface area contributed by atoms with Crippen LogP contribution in [0.1, 0.15) is 51.4 Å². The Balaban J connectivity index is 1.91. The second kappa shape index (κ2) is 12.5. The van der Waals surface area contributed by atoms with Crippen LogP contribution >= 0.6 is 0 Å². The Labute approximate surface area is 205 Å². The molecule has 9 heteroatoms. The van der Waals surface area contributed by atoms with E-state index in [-0.39, 0.29) is 18.2 Å². The van der Waals surface area contributed by atoms with Gasteiger partial charge in [-0.15, -0.1) is 0 Å². The third-order valence-electron chi connectivity index (χ3n) is 5.94. The Morgan fingerprint density at radius 2 is 1.91 bits per heavy atom. The van der Waals surface area contributed by atoms with E-state index in [2.05, 4.69) is 18.8 Å². The van der Waals surface area contributed by atoms with Crippen LogP contribution in [0.25, 0.3) is 11.2 Å². The number of amides is 1. The van der Waals surface area contributed by atoms with E-state index in [1.54, 1.807) is 16.6 Å². The van der Waals surface area contributed by atoms with Crippen LogP contribution in [0.5, 0.6) is 0 Å². The minimum absolute atomic E-state index is 0.00802. The van der Waals surface area contributed by atoms with Gasteiger partial charge in [-0.1, -0.05) is 57.5 Å². The minimum Gasteiger partial charge on any atom is -0.383 e. The van der Waals surface area contributed by atoms with Crippen LogP contribution in [0.3, 0.4) is 0 Å². The zero-order valence-electron chi connectivity index (χ0n) is 21.2. The number of methoxy groups -OCH3 is 1. The zero-order valence-corrected chi connectivity index (χ0v) is 21.2. The standard InChI is InChI=1S/C26H37N5O4/c1-5-6-14-30-24-23(25(33)28-26(30)34)31(17-19(2)3)21(27-24)12-13-22(32)29(15-16-35-4)18-20-10-8-7-9-11-20/h7-11,19H,5-6,12-18H2,1-4H3,(H,28,33,34). The SMILES string of the molecule is CCCCn1c(=O)[nH]c(=O)c2c1nc(CCC(=O)N(CCOC)Cc1ccccc1)n2CC(C)C. The van der Waals surface area contributed by atoms with Crippen molar-refractivity contribution in [3.05, 3.63) is 62.6 Å². The fourth-order valence-electron chi connectivity index (χ4n) is 4.17. The molecule has 35 heavy (non-hydrogen) atoms. The predicted molar refractivity (Wildman–Crippen MR) is 136 cm³/mol. The number of ether oxygens (including phenoxy) is 1. The molecule has 9 nitrogen and oxygen atoms in total. The number of aromatic nitrogens is 4. The summed E-state index contributed by atoms with van der Waals surface area (Å²) in [5.41, 5.74) is 0.972. The molecule has 0 fully saturated rings. The summed E-state index contributed by atoms with van der Waals surface area (Å²) in [5.74, 6) is 0.898. The fourth-order valence-corrected chi connectivity index (χ4v) is 4.17. The maximum absolute atomic E-state index is 13.2. The van der Waals surface area contributed by atoms with Gasteiger partial charge in [0.15, 0.2) is 11.2 Å². The lowest BCUT2D eigenvalue weighted by Crippen LogP contribution is -2.33. The molecule has 0 aliphatic rings. The molecule has 0 saturated heterocycles. The van der Waals surface area contributed by atoms with Gasteiger partial charge in [-0.3, -0.25) is 19.1 Å². The third-order valence-corrected chi connectivity index (χ3v) is 5.94. The molecule has 1 amide bonds. The molecule has 1 N–H and O–H groups in total. The maximum Gasteiger partial charge on any atom is 0.330 e. The molecule has 2 heterocycles. The van der Waals surface area contributed by atoms with Gasteiger partial charge >= 0.3 is 5.69 Å². The summed E-state index contributed by atoms with van der Waals surface area (Å²) in [5, 5.41) is 0. The highest BCUT2D eigenvalue weighted by Gasteiger charge is 2.21. The van der Waals surface area contributed by atoms with Crippen LogP contribution in [0.15, 0.2) is 39.9 Å². The quantitative estimate of drug-likeness (QED) is 0.403. The lowest BCUT2D eigenvalue weighted by atomic mass is 10.2. The van der Waals surface area contributed by atoms with Crippen LogP contribution in [-0.4, -0.2) is 50.2 Å². The number of carbonyl (C=O) groups is 1. The minimum atomic E-state index is -0.443. The van der Waals surface area contributed by atoms with Crippen molar-refractivity contribution in [2.45, 2.75) is 66.1 Å². The first-order valence-corrected chi connectivity index (χ1v) is 12.4. The predicted octanol–water partition coefficient (Wildman–Crippen LogP) is 2.95. The topological polar surface area (TPSA) is 102 Å². The normalized spacial score (nSPS) is 11.5. The van der Waals surface area contributed by atoms with Gasteiger partial charge in [-0.2, -0.15) is 0 Å². The summed E-state index contributed by atoms with van der Waals surface area (Å²) in [6, 6.07) is 9.86. The molecule has 0 aliphatic heterocycles. The van der Waals surface area contributed by atoms with Crippen molar-refractivity contribution in [2.75, 3.05) is 20.3 Å². The van der Waals surface area contributed by atoms with Gasteiger partial charge in [0.05, 0.1) is 6.61 Å². The van der Waals surface area contributed by atoms with Gasteiger partial charge in [0, 0.05) is 46.1 Å². The number of H-pyrrole nitrogens is 1. The molecule has 0 radical (unpaired) electrons. The van der Waals surface area contributed by atoms with Gasteiger partial charge in [-0.05, 0) is 17.9 Å². The monoisotopic (exact) mass is 483 g/mol. The first kappa shape index (κ1) is 26.4. The Morgan fingerprint density at radius 3 is 2.57 bits per heavy atom. The van der Waals surface area contributed by atoms with E-state index >= 15 is 0 Å². The molecule has 190 valence electrons. The molecule has 2 aromatic heterocycles. The molecular formula is C26H37N5O4. The number of imidazole rings is 1. The van der Waals surface area contributed by atoms with Crippen molar-refractivity contribution >= 4 is 17.1 Å². The summed E-state index contributed by atoms with van der Waals surface area (Å²) >= 11 is 0. The zero-order chi connectivity index (χ0) is 25.4. The van der Waals surface area contributed by atoms with E-state index in [4.69, 9.17) is 9.72 Å². The summed E-state index contributed by atoms with van der Waals surface area (Å²) in [6.07, 6.45) is 2.34. The Morgan fingerprint density at radius 1 is 1.17 bits per heavy atom. The lowest BCUT2D eigenvalue weighted by Gasteiger charge is -2.22. The molecule has 0 spiro atoms. The largest absolute Gasteiger partial charge is 0.383 e. The van der Waals surface area contributed by atoms with E-state index < -0.39 is 11.2 Å². The number of hydrogen-bond acceptors (Lipinski definition) is 5. The first-order chi connectivity index (χ1) is 16.8. The number of aryl methyl sites for hydroxylation is 2. The number of rotatable bonds is 13. The molecule has 0 saturated carbocycles. The molecule has 1 aromatic carbocycles. The third kappa shape index (κ3) is 6.69. The van der Waals surface area contributed by atoms with Crippen LogP contribution in [-0.2, 0) is 35.6 Å². The number of carbonyl (C=O) groups excluding carboxylic acids is 1. The molecule has 0 aliphatic carbocycles. The number of benzene rings is 1. The molecule has 3 rings (SSSR count). The van der Waals surface area contributed by atoms with Crippen LogP contribution in [0.2, 0.25) is 0 Å². The van der Waals surface area contributed by atoms with E-state index in [1.165, 1.54) is 0 Å². The smallest absolute Gasteiger partial charge is 0.330 e. The molecule has 0 bridgehead atoms. The van der Waals surface area contributed by atoms with Crippen molar-refractivity contribution < 1.29 is 9.53 Å². The lowest BCUT2D eigenvalue weighted by molar-refractivity contribution is -0.132. The molecule has 0 unspecified atom stereocenters. The number of unbranched alkanes of at least 4 members (excludes halogenated alkanes) is 1. The van der Waals surface area contributed by atoms with Crippen molar-refractivity contribution in [3.63, 3.8) is 0 Å². The van der Waals surface area contributed by atoms with Gasteiger partial charge in [0.25, 0.3) is 5.56 Å². The maximum atomic E-state index is 13.2. The second-order valence-electron chi connectivity index (χ2n) is 9.26. The Hall–Kier alpha value is -3.20. The van der Waals surface area contributed by atoms with E-state index in [1.807, 2.05) is 41.8 Å². The Bertz CT molecular complexity index is 1230. The van der Waals surface area contributed by atoms with Gasteiger partial charge in [0.2, 0.25) is 5.91 Å². The fraction of sp³-hybridized carbons (Fsp3) is 0.538. The molecule has 0 atom stereocenters. The van der Waals surface area contributed by atoms with Gasteiger partial charge < -0.3 is 14.2 Å². The van der Waals surface area contributed by atoms with E-state index in [0.717, 1.165) is 18.4 Å². The number of nitrogens with one attached hydrogen (secondary N) is 1. The molecule has 3 aromatic rings. The average molecular weight is 484 g/mol. The highest BCUT2D eigenvalue weighted by atomic mass is 16.5. The highest BCUT2D eigenvalue weighted by molar-refractivity contribution is 5.77. The number of fused-ring (bicyclic) bond motifs is 1. The van der Waals surface area contributed by atoms with Crippen molar-refractivity contribution in [1.82, 2.24) is 24.0 Å². The summed E-state index contributed by atoms with van der Waals surface area (Å²) < 4.78 is 8.64. The van der Waals surface area contributed by atoms with Crippen LogP contribution in [0, 0.1) is 5.92 Å². The Kier molecular flexibility index (Phi) is 9.42. The van der Waals surface area contributed by atoms with E-state index in [9.17, 15) is 14.4 Å².